The fourth-order valence-electron chi connectivity index (χ4n) is 5.52. The molecule has 1 aromatic heterocycles. The van der Waals surface area contributed by atoms with Gasteiger partial charge in [-0.15, -0.1) is 0 Å². The van der Waals surface area contributed by atoms with E-state index in [0.29, 0.717) is 59.7 Å². The molecule has 0 bridgehead atoms. The molecular formula is C46H47N3O10S. The molecule has 0 atom stereocenters. The molecule has 1 heterocycles. The van der Waals surface area contributed by atoms with Crippen molar-refractivity contribution in [3.05, 3.63) is 133 Å². The number of carbonyl (C=O) groups is 4. The van der Waals surface area contributed by atoms with Gasteiger partial charge in [-0.2, -0.15) is 5.10 Å². The van der Waals surface area contributed by atoms with Crippen LogP contribution in [0.1, 0.15) is 77.6 Å². The van der Waals surface area contributed by atoms with E-state index in [1.54, 1.807) is 54.6 Å². The lowest BCUT2D eigenvalue weighted by Gasteiger charge is -2.11. The molecule has 60 heavy (non-hydrogen) atoms. The minimum Gasteiger partial charge on any atom is -0.494 e. The van der Waals surface area contributed by atoms with E-state index in [1.807, 2.05) is 24.3 Å². The highest BCUT2D eigenvalue weighted by atomic mass is 32.1. The number of hydrazone groups is 1. The molecule has 0 saturated heterocycles. The van der Waals surface area contributed by atoms with Gasteiger partial charge >= 0.3 is 23.9 Å². The van der Waals surface area contributed by atoms with Crippen LogP contribution < -0.4 is 24.4 Å². The summed E-state index contributed by atoms with van der Waals surface area (Å²) < 4.78 is 34.1. The highest BCUT2D eigenvalue weighted by Crippen LogP contribution is 2.28. The van der Waals surface area contributed by atoms with E-state index < -0.39 is 23.9 Å². The Morgan fingerprint density at radius 1 is 0.617 bits per heavy atom. The van der Waals surface area contributed by atoms with Crippen LogP contribution >= 0.6 is 11.3 Å². The summed E-state index contributed by atoms with van der Waals surface area (Å²) in [5, 5.41) is 4.91. The van der Waals surface area contributed by atoms with Gasteiger partial charge in [0.15, 0.2) is 0 Å². The van der Waals surface area contributed by atoms with E-state index >= 15 is 0 Å². The lowest BCUT2D eigenvalue weighted by atomic mass is 10.2. The number of fused-ring (bicyclic) bond motifs is 1. The molecule has 14 heteroatoms. The fraction of sp³-hybridized carbons (Fsp3) is 0.261. The van der Waals surface area contributed by atoms with Gasteiger partial charge in [0.1, 0.15) is 23.0 Å². The van der Waals surface area contributed by atoms with E-state index in [1.165, 1.54) is 29.7 Å². The van der Waals surface area contributed by atoms with Crippen LogP contribution in [0.4, 0.5) is 5.13 Å². The molecule has 0 aliphatic heterocycles. The van der Waals surface area contributed by atoms with Crippen molar-refractivity contribution in [3.8, 4) is 23.0 Å². The zero-order valence-corrected chi connectivity index (χ0v) is 34.0. The standard InChI is InChI=1S/C46H47N3O10S/c1-3-42(50)56-29-13-7-5-11-27-54-36-21-17-33(18-22-36)44(52)58-38-25-26-40(35(31-38)32-47-49-46-48-39-15-9-10-16-41(39)60-46)59-45(53)34-19-23-37(24-20-34)55-28-12-6-8-14-30-57-43(51)4-2/h3-4,9-10,15-26,31-32H,1-2,5-8,11-14,27-30H2,(H,48,49)/b47-32+. The van der Waals surface area contributed by atoms with Crippen molar-refractivity contribution in [3.63, 3.8) is 0 Å². The van der Waals surface area contributed by atoms with Crippen LogP contribution in [-0.4, -0.2) is 61.5 Å². The van der Waals surface area contributed by atoms with Gasteiger partial charge in [0.05, 0.1) is 54.0 Å². The van der Waals surface area contributed by atoms with Gasteiger partial charge in [-0.3, -0.25) is 5.43 Å². The van der Waals surface area contributed by atoms with Gasteiger partial charge in [0, 0.05) is 17.7 Å². The Balaban J connectivity index is 1.15. The molecule has 0 amide bonds. The predicted octanol–water partition coefficient (Wildman–Crippen LogP) is 9.52. The van der Waals surface area contributed by atoms with Crippen molar-refractivity contribution in [1.82, 2.24) is 4.98 Å². The molecule has 13 nitrogen and oxygen atoms in total. The first-order chi connectivity index (χ1) is 29.3. The summed E-state index contributed by atoms with van der Waals surface area (Å²) in [4.78, 5) is 53.2. The van der Waals surface area contributed by atoms with Gasteiger partial charge in [0.2, 0.25) is 5.13 Å². The van der Waals surface area contributed by atoms with Crippen LogP contribution in [-0.2, 0) is 19.1 Å². The highest BCUT2D eigenvalue weighted by Gasteiger charge is 2.15. The Kier molecular flexibility index (Phi) is 17.9. The number of benzene rings is 4. The smallest absolute Gasteiger partial charge is 0.343 e. The monoisotopic (exact) mass is 833 g/mol. The van der Waals surface area contributed by atoms with Crippen LogP contribution in [0, 0.1) is 0 Å². The normalized spacial score (nSPS) is 10.8. The van der Waals surface area contributed by atoms with Crippen molar-refractivity contribution in [2.45, 2.75) is 51.4 Å². The molecule has 0 unspecified atom stereocenters. The number of para-hydroxylation sites is 1. The number of rotatable bonds is 25. The summed E-state index contributed by atoms with van der Waals surface area (Å²) in [6.07, 6.45) is 10.6. The Bertz CT molecular complexity index is 2200. The third-order valence-electron chi connectivity index (χ3n) is 8.67. The molecule has 0 aliphatic carbocycles. The first-order valence-corrected chi connectivity index (χ1v) is 20.4. The number of hydrogen-bond donors (Lipinski definition) is 1. The zero-order chi connectivity index (χ0) is 42.4. The average molecular weight is 834 g/mol. The number of nitrogens with zero attached hydrogens (tertiary/aromatic N) is 2. The lowest BCUT2D eigenvalue weighted by molar-refractivity contribution is -0.138. The molecule has 0 fully saturated rings. The van der Waals surface area contributed by atoms with Crippen LogP contribution in [0.15, 0.2) is 121 Å². The number of hydrogen-bond acceptors (Lipinski definition) is 14. The summed E-state index contributed by atoms with van der Waals surface area (Å²) in [5.74, 6) is -0.403. The average Bonchev–Trinajstić information content (AvgIpc) is 3.69. The van der Waals surface area contributed by atoms with Crippen molar-refractivity contribution < 1.29 is 47.6 Å². The summed E-state index contributed by atoms with van der Waals surface area (Å²) in [7, 11) is 0. The molecular weight excluding hydrogens is 787 g/mol. The van der Waals surface area contributed by atoms with Gasteiger partial charge < -0.3 is 28.4 Å². The second kappa shape index (κ2) is 24.2. The fourth-order valence-corrected chi connectivity index (χ4v) is 6.33. The maximum Gasteiger partial charge on any atom is 0.343 e. The Morgan fingerprint density at radius 2 is 1.13 bits per heavy atom. The van der Waals surface area contributed by atoms with E-state index in [9.17, 15) is 19.2 Å². The van der Waals surface area contributed by atoms with E-state index in [2.05, 4.69) is 28.7 Å². The first-order valence-electron chi connectivity index (χ1n) is 19.6. The van der Waals surface area contributed by atoms with E-state index in [4.69, 9.17) is 28.4 Å². The Hall–Kier alpha value is -6.80. The number of aromatic nitrogens is 1. The Labute approximate surface area is 352 Å². The number of carbonyl (C=O) groups excluding carboxylic acids is 4. The van der Waals surface area contributed by atoms with E-state index in [-0.39, 0.29) is 11.5 Å². The van der Waals surface area contributed by atoms with Crippen LogP contribution in [0.5, 0.6) is 23.0 Å². The molecule has 0 spiro atoms. The van der Waals surface area contributed by atoms with Crippen LogP contribution in [0.2, 0.25) is 0 Å². The number of nitrogens with one attached hydrogen (secondary N) is 1. The third kappa shape index (κ3) is 14.9. The molecule has 0 saturated carbocycles. The molecule has 312 valence electrons. The topological polar surface area (TPSA) is 161 Å². The minimum absolute atomic E-state index is 0.187. The summed E-state index contributed by atoms with van der Waals surface area (Å²) in [6, 6.07) is 25.6. The highest BCUT2D eigenvalue weighted by molar-refractivity contribution is 7.22. The van der Waals surface area contributed by atoms with Gasteiger partial charge in [-0.25, -0.2) is 24.2 Å². The van der Waals surface area contributed by atoms with Crippen molar-refractivity contribution in [2.75, 3.05) is 31.9 Å². The summed E-state index contributed by atoms with van der Waals surface area (Å²) in [6.45, 7) is 8.50. The second-order valence-corrected chi connectivity index (χ2v) is 14.2. The second-order valence-electron chi connectivity index (χ2n) is 13.2. The maximum atomic E-state index is 13.3. The zero-order valence-electron chi connectivity index (χ0n) is 33.2. The van der Waals surface area contributed by atoms with E-state index in [0.717, 1.165) is 73.7 Å². The number of ether oxygens (including phenoxy) is 6. The minimum atomic E-state index is -0.605. The summed E-state index contributed by atoms with van der Waals surface area (Å²) >= 11 is 1.43. The molecule has 0 aliphatic rings. The van der Waals surface area contributed by atoms with Gasteiger partial charge in [-0.05, 0) is 130 Å². The SMILES string of the molecule is C=CC(=O)OCCCCCCOc1ccc(C(=O)Oc2ccc(OC(=O)c3ccc(OCCCCCCOC(=O)C=C)cc3)c(/C=N/Nc3nc4ccccc4s3)c2)cc1. The van der Waals surface area contributed by atoms with Crippen molar-refractivity contribution in [1.29, 1.82) is 0 Å². The number of anilines is 1. The molecule has 4 aromatic carbocycles. The molecule has 5 rings (SSSR count). The van der Waals surface area contributed by atoms with Crippen LogP contribution in [0.3, 0.4) is 0 Å². The number of thiazole rings is 1. The summed E-state index contributed by atoms with van der Waals surface area (Å²) in [5.41, 5.74) is 4.74. The molecule has 1 N–H and O–H groups in total. The molecule has 0 radical (unpaired) electrons. The third-order valence-corrected chi connectivity index (χ3v) is 9.61. The lowest BCUT2D eigenvalue weighted by Crippen LogP contribution is -2.11. The number of esters is 4. The van der Waals surface area contributed by atoms with Gasteiger partial charge in [0.25, 0.3) is 0 Å². The molecule has 5 aromatic rings. The van der Waals surface area contributed by atoms with Crippen molar-refractivity contribution in [2.24, 2.45) is 5.10 Å². The van der Waals surface area contributed by atoms with Crippen LogP contribution in [0.25, 0.3) is 10.2 Å². The maximum absolute atomic E-state index is 13.3. The Morgan fingerprint density at radius 3 is 1.68 bits per heavy atom. The van der Waals surface area contributed by atoms with Crippen molar-refractivity contribution >= 4 is 56.8 Å². The quantitative estimate of drug-likeness (QED) is 0.0148. The van der Waals surface area contributed by atoms with Gasteiger partial charge in [-0.1, -0.05) is 36.6 Å². The predicted molar refractivity (Wildman–Crippen MR) is 230 cm³/mol. The first kappa shape index (κ1) is 44.3. The number of unbranched alkanes of at least 4 members (excludes halogenated alkanes) is 6. The largest absolute Gasteiger partial charge is 0.494 e.